The second-order valence-electron chi connectivity index (χ2n) is 6.42. The summed E-state index contributed by atoms with van der Waals surface area (Å²) in [5.74, 6) is -1.47. The highest BCUT2D eigenvalue weighted by Crippen LogP contribution is 2.29. The summed E-state index contributed by atoms with van der Waals surface area (Å²) in [6.07, 6.45) is 0.617. The van der Waals surface area contributed by atoms with Crippen LogP contribution in [-0.4, -0.2) is 46.6 Å². The molecule has 2 aromatic rings. The molecule has 0 amide bonds. The molecule has 10 heteroatoms. The first-order valence-corrected chi connectivity index (χ1v) is 11.5. The number of hydrogen-bond donors (Lipinski definition) is 0. The molecule has 3 rings (SSSR count). The van der Waals surface area contributed by atoms with Gasteiger partial charge < -0.3 is 4.74 Å². The third-order valence-electron chi connectivity index (χ3n) is 4.68. The number of nitrogens with zero attached hydrogens (tertiary/aromatic N) is 1. The highest BCUT2D eigenvalue weighted by atomic mass is 32.2. The zero-order chi connectivity index (χ0) is 20.5. The van der Waals surface area contributed by atoms with Crippen molar-refractivity contribution in [3.8, 4) is 5.75 Å². The summed E-state index contributed by atoms with van der Waals surface area (Å²) >= 11 is 0. The van der Waals surface area contributed by atoms with Crippen LogP contribution in [0.1, 0.15) is 12.8 Å². The lowest BCUT2D eigenvalue weighted by molar-refractivity contribution is 0.345. The Hall–Kier alpha value is -2.04. The fourth-order valence-electron chi connectivity index (χ4n) is 3.15. The van der Waals surface area contributed by atoms with Crippen molar-refractivity contribution in [1.29, 1.82) is 0 Å². The van der Waals surface area contributed by atoms with Gasteiger partial charge in [-0.3, -0.25) is 0 Å². The lowest BCUT2D eigenvalue weighted by atomic mass is 10.2. The van der Waals surface area contributed by atoms with Gasteiger partial charge in [0.15, 0.2) is 21.4 Å². The summed E-state index contributed by atoms with van der Waals surface area (Å²) in [5.41, 5.74) is 0. The van der Waals surface area contributed by atoms with Gasteiger partial charge in [0.2, 0.25) is 10.0 Å². The molecule has 0 bridgehead atoms. The summed E-state index contributed by atoms with van der Waals surface area (Å²) in [4.78, 5) is -0.334. The Morgan fingerprint density at radius 3 is 2.25 bits per heavy atom. The molecule has 1 atom stereocenters. The Morgan fingerprint density at radius 2 is 1.64 bits per heavy atom. The van der Waals surface area contributed by atoms with Crippen LogP contribution in [0.4, 0.5) is 8.78 Å². The van der Waals surface area contributed by atoms with Gasteiger partial charge in [-0.05, 0) is 55.3 Å². The van der Waals surface area contributed by atoms with Crippen LogP contribution in [0.2, 0.25) is 0 Å². The quantitative estimate of drug-likeness (QED) is 0.680. The lowest BCUT2D eigenvalue weighted by Crippen LogP contribution is -2.45. The molecule has 1 saturated heterocycles. The van der Waals surface area contributed by atoms with E-state index in [-0.39, 0.29) is 35.1 Å². The summed E-state index contributed by atoms with van der Waals surface area (Å²) in [6, 6.07) is 7.70. The number of ether oxygens (including phenoxy) is 1. The van der Waals surface area contributed by atoms with Crippen LogP contribution in [0.15, 0.2) is 52.3 Å². The molecule has 0 N–H and O–H groups in total. The average Bonchev–Trinajstić information content (AvgIpc) is 2.68. The maximum absolute atomic E-state index is 13.9. The molecule has 0 saturated carbocycles. The van der Waals surface area contributed by atoms with E-state index >= 15 is 0 Å². The largest absolute Gasteiger partial charge is 0.494 e. The number of hydrogen-bond acceptors (Lipinski definition) is 5. The second kappa shape index (κ2) is 7.76. The van der Waals surface area contributed by atoms with Crippen LogP contribution in [0.3, 0.4) is 0 Å². The normalized spacial score (nSPS) is 18.8. The average molecular weight is 431 g/mol. The van der Waals surface area contributed by atoms with Crippen LogP contribution in [-0.2, 0) is 19.9 Å². The summed E-state index contributed by atoms with van der Waals surface area (Å²) in [5, 5.41) is -0.968. The van der Waals surface area contributed by atoms with Crippen molar-refractivity contribution in [3.05, 3.63) is 54.1 Å². The SMILES string of the molecule is COc1ccc(S(=O)(=O)N2CCC[C@@H](S(=O)(=O)c3ccc(F)cc3)C2)cc1F. The van der Waals surface area contributed by atoms with Gasteiger partial charge in [-0.25, -0.2) is 25.6 Å². The van der Waals surface area contributed by atoms with Gasteiger partial charge in [0.25, 0.3) is 0 Å². The fourth-order valence-corrected chi connectivity index (χ4v) is 6.53. The standard InChI is InChI=1S/C18H19F2NO5S2/c1-26-18-9-8-15(11-17(18)20)28(24,25)21-10-2-3-16(12-21)27(22,23)14-6-4-13(19)5-7-14/h4-9,11,16H,2-3,10,12H2,1H3/t16-/m1/s1. The minimum Gasteiger partial charge on any atom is -0.494 e. The molecule has 1 aliphatic heterocycles. The number of piperidine rings is 1. The van der Waals surface area contributed by atoms with Gasteiger partial charge in [-0.15, -0.1) is 0 Å². The van der Waals surface area contributed by atoms with Crippen molar-refractivity contribution in [2.24, 2.45) is 0 Å². The molecule has 0 spiro atoms. The van der Waals surface area contributed by atoms with E-state index in [4.69, 9.17) is 4.74 Å². The van der Waals surface area contributed by atoms with Gasteiger partial charge >= 0.3 is 0 Å². The van der Waals surface area contributed by atoms with E-state index in [9.17, 15) is 25.6 Å². The first-order valence-electron chi connectivity index (χ1n) is 8.49. The van der Waals surface area contributed by atoms with Gasteiger partial charge in [-0.1, -0.05) is 0 Å². The van der Waals surface area contributed by atoms with Gasteiger partial charge in [-0.2, -0.15) is 4.31 Å². The molecular weight excluding hydrogens is 412 g/mol. The van der Waals surface area contributed by atoms with Crippen molar-refractivity contribution in [2.75, 3.05) is 20.2 Å². The number of methoxy groups -OCH3 is 1. The van der Waals surface area contributed by atoms with Crippen LogP contribution >= 0.6 is 0 Å². The second-order valence-corrected chi connectivity index (χ2v) is 10.6. The summed E-state index contributed by atoms with van der Waals surface area (Å²) < 4.78 is 84.2. The van der Waals surface area contributed by atoms with Crippen LogP contribution in [0.5, 0.6) is 5.75 Å². The van der Waals surface area contributed by atoms with Gasteiger partial charge in [0.05, 0.1) is 22.2 Å². The summed E-state index contributed by atoms with van der Waals surface area (Å²) in [6.45, 7) is -0.124. The first kappa shape index (κ1) is 20.7. The third kappa shape index (κ3) is 3.89. The van der Waals surface area contributed by atoms with E-state index < -0.39 is 36.7 Å². The Bertz CT molecular complexity index is 1070. The first-order chi connectivity index (χ1) is 13.2. The van der Waals surface area contributed by atoms with E-state index in [0.717, 1.165) is 34.6 Å². The molecule has 6 nitrogen and oxygen atoms in total. The number of sulfonamides is 1. The minimum absolute atomic E-state index is 0.0614. The van der Waals surface area contributed by atoms with Crippen molar-refractivity contribution in [2.45, 2.75) is 27.9 Å². The predicted octanol–water partition coefficient (Wildman–Crippen LogP) is 2.60. The lowest BCUT2D eigenvalue weighted by Gasteiger charge is -2.31. The van der Waals surface area contributed by atoms with Crippen LogP contribution in [0, 0.1) is 11.6 Å². The summed E-state index contributed by atoms with van der Waals surface area (Å²) in [7, 11) is -6.65. The van der Waals surface area contributed by atoms with Crippen LogP contribution in [0.25, 0.3) is 0 Å². The maximum Gasteiger partial charge on any atom is 0.243 e. The molecule has 1 heterocycles. The Morgan fingerprint density at radius 1 is 1.00 bits per heavy atom. The van der Waals surface area contributed by atoms with Gasteiger partial charge in [0, 0.05) is 13.1 Å². The Kier molecular flexibility index (Phi) is 5.74. The number of rotatable bonds is 5. The molecule has 0 aliphatic carbocycles. The van der Waals surface area contributed by atoms with E-state index in [2.05, 4.69) is 0 Å². The smallest absolute Gasteiger partial charge is 0.243 e. The topological polar surface area (TPSA) is 80.8 Å². The fraction of sp³-hybridized carbons (Fsp3) is 0.333. The molecule has 0 aromatic heterocycles. The molecule has 28 heavy (non-hydrogen) atoms. The number of sulfone groups is 1. The monoisotopic (exact) mass is 431 g/mol. The molecule has 0 radical (unpaired) electrons. The molecule has 2 aromatic carbocycles. The highest BCUT2D eigenvalue weighted by Gasteiger charge is 2.37. The van der Waals surface area contributed by atoms with Crippen molar-refractivity contribution in [1.82, 2.24) is 4.31 Å². The molecule has 1 aliphatic rings. The van der Waals surface area contributed by atoms with Gasteiger partial charge in [0.1, 0.15) is 5.82 Å². The molecule has 152 valence electrons. The Labute approximate surface area is 162 Å². The zero-order valence-electron chi connectivity index (χ0n) is 15.0. The van der Waals surface area contributed by atoms with Crippen molar-refractivity contribution < 1.29 is 30.4 Å². The molecule has 1 fully saturated rings. The third-order valence-corrected chi connectivity index (χ3v) is 8.74. The zero-order valence-corrected chi connectivity index (χ0v) is 16.6. The minimum atomic E-state index is -4.08. The predicted molar refractivity (Wildman–Crippen MR) is 98.3 cm³/mol. The van der Waals surface area contributed by atoms with E-state index in [1.165, 1.54) is 19.2 Å². The number of halogens is 2. The molecule has 0 unspecified atom stereocenters. The number of benzene rings is 2. The maximum atomic E-state index is 13.9. The van der Waals surface area contributed by atoms with Crippen molar-refractivity contribution in [3.63, 3.8) is 0 Å². The molecular formula is C18H19F2NO5S2. The van der Waals surface area contributed by atoms with E-state index in [0.29, 0.717) is 6.42 Å². The highest BCUT2D eigenvalue weighted by molar-refractivity contribution is 7.92. The van der Waals surface area contributed by atoms with Crippen molar-refractivity contribution >= 4 is 19.9 Å². The van der Waals surface area contributed by atoms with E-state index in [1.54, 1.807) is 0 Å². The van der Waals surface area contributed by atoms with E-state index in [1.807, 2.05) is 0 Å². The Balaban J connectivity index is 1.88. The van der Waals surface area contributed by atoms with Crippen LogP contribution < -0.4 is 4.74 Å².